The van der Waals surface area contributed by atoms with Crippen LogP contribution in [-0.4, -0.2) is 43.2 Å². The van der Waals surface area contributed by atoms with E-state index in [1.807, 2.05) is 24.1 Å². The van der Waals surface area contributed by atoms with Crippen molar-refractivity contribution in [3.63, 3.8) is 0 Å². The number of benzene rings is 1. The molecule has 1 aliphatic heterocycles. The van der Waals surface area contributed by atoms with Crippen LogP contribution in [0.4, 0.5) is 20.6 Å². The molecule has 28 heavy (non-hydrogen) atoms. The van der Waals surface area contributed by atoms with Crippen molar-refractivity contribution in [2.75, 3.05) is 36.0 Å². The number of rotatable bonds is 4. The molecule has 1 fully saturated rings. The number of guanidine groups is 1. The Morgan fingerprint density at radius 2 is 1.86 bits per heavy atom. The van der Waals surface area contributed by atoms with Crippen molar-refractivity contribution in [3.8, 4) is 0 Å². The van der Waals surface area contributed by atoms with Crippen molar-refractivity contribution in [2.24, 2.45) is 16.5 Å². The highest BCUT2D eigenvalue weighted by atomic mass is 19.1. The number of piperazine rings is 1. The van der Waals surface area contributed by atoms with Gasteiger partial charge >= 0.3 is 6.09 Å². The lowest BCUT2D eigenvalue weighted by molar-refractivity contribution is 0.149. The Bertz CT molecular complexity index is 876. The van der Waals surface area contributed by atoms with Crippen molar-refractivity contribution in [2.45, 2.75) is 13.5 Å². The molecule has 1 saturated heterocycles. The zero-order chi connectivity index (χ0) is 20.1. The van der Waals surface area contributed by atoms with Gasteiger partial charge in [0.1, 0.15) is 6.61 Å². The molecule has 0 radical (unpaired) electrons. The summed E-state index contributed by atoms with van der Waals surface area (Å²) in [5.41, 5.74) is 13.3. The number of ether oxygens (including phenoxy) is 1. The second-order valence-corrected chi connectivity index (χ2v) is 6.48. The number of aryl methyl sites for hydroxylation is 1. The second-order valence-electron chi connectivity index (χ2n) is 6.48. The number of hydrogen-bond acceptors (Lipinski definition) is 5. The fourth-order valence-corrected chi connectivity index (χ4v) is 3.21. The van der Waals surface area contributed by atoms with E-state index in [2.05, 4.69) is 14.9 Å². The first-order valence-corrected chi connectivity index (χ1v) is 8.90. The van der Waals surface area contributed by atoms with Crippen LogP contribution in [0, 0.1) is 12.7 Å². The third kappa shape index (κ3) is 4.48. The van der Waals surface area contributed by atoms with Gasteiger partial charge in [-0.25, -0.2) is 9.18 Å². The van der Waals surface area contributed by atoms with Crippen molar-refractivity contribution in [1.82, 2.24) is 4.98 Å². The lowest BCUT2D eigenvalue weighted by Crippen LogP contribution is -2.47. The Kier molecular flexibility index (Phi) is 5.93. The van der Waals surface area contributed by atoms with Crippen molar-refractivity contribution < 1.29 is 13.9 Å². The van der Waals surface area contributed by atoms with Gasteiger partial charge in [0.25, 0.3) is 0 Å². The van der Waals surface area contributed by atoms with Crippen molar-refractivity contribution in [1.29, 1.82) is 0 Å². The molecule has 0 unspecified atom stereocenters. The van der Waals surface area contributed by atoms with Crippen LogP contribution in [0.15, 0.2) is 41.7 Å². The van der Waals surface area contributed by atoms with Crippen LogP contribution in [0.25, 0.3) is 0 Å². The summed E-state index contributed by atoms with van der Waals surface area (Å²) in [6, 6.07) is 7.03. The van der Waals surface area contributed by atoms with E-state index in [-0.39, 0.29) is 12.2 Å². The molecule has 0 spiro atoms. The average Bonchev–Trinajstić information content (AvgIpc) is 2.67. The molecule has 3 rings (SSSR count). The molecule has 9 heteroatoms. The first-order chi connectivity index (χ1) is 13.5. The summed E-state index contributed by atoms with van der Waals surface area (Å²) < 4.78 is 19.8. The normalized spacial score (nSPS) is 13.9. The third-order valence-corrected chi connectivity index (χ3v) is 4.58. The highest BCUT2D eigenvalue weighted by Gasteiger charge is 2.22. The van der Waals surface area contributed by atoms with Crippen LogP contribution in [0.1, 0.15) is 11.1 Å². The van der Waals surface area contributed by atoms with Gasteiger partial charge in [-0.05, 0) is 24.6 Å². The molecule has 0 bridgehead atoms. The average molecular weight is 386 g/mol. The minimum atomic E-state index is -0.953. The smallest absolute Gasteiger partial charge is 0.437 e. The molecule has 2 aromatic rings. The lowest BCUT2D eigenvalue weighted by Gasteiger charge is -2.38. The predicted molar refractivity (Wildman–Crippen MR) is 106 cm³/mol. The Morgan fingerprint density at radius 1 is 1.18 bits per heavy atom. The van der Waals surface area contributed by atoms with Crippen LogP contribution in [0.2, 0.25) is 0 Å². The topological polar surface area (TPSA) is 110 Å². The Balaban J connectivity index is 1.66. The fraction of sp³-hybridized carbons (Fsp3) is 0.316. The number of anilines is 2. The standard InChI is InChI=1S/C19H23FN6O2/c1-13-11-23-6-5-15(13)25-7-9-26(10-8-25)16-4-2-3-14(17(16)20)12-28-19(27)24-18(21)22/h2-6,11H,7-10,12H2,1H3,(H4,21,22,24,27). The maximum absolute atomic E-state index is 14.9. The zero-order valence-electron chi connectivity index (χ0n) is 15.6. The van der Waals surface area contributed by atoms with E-state index in [1.54, 1.807) is 24.4 Å². The Morgan fingerprint density at radius 3 is 2.50 bits per heavy atom. The van der Waals surface area contributed by atoms with Gasteiger partial charge in [-0.15, -0.1) is 4.99 Å². The SMILES string of the molecule is Cc1cnccc1N1CCN(c2cccc(COC(=O)N=C(N)N)c2F)CC1. The number of carbonyl (C=O) groups is 1. The van der Waals surface area contributed by atoms with Gasteiger partial charge in [-0.3, -0.25) is 4.98 Å². The molecular formula is C19H23FN6O2. The molecule has 0 aliphatic carbocycles. The number of nitrogens with zero attached hydrogens (tertiary/aromatic N) is 4. The number of hydrogen-bond donors (Lipinski definition) is 2. The van der Waals surface area contributed by atoms with Gasteiger partial charge < -0.3 is 26.0 Å². The molecule has 8 nitrogen and oxygen atoms in total. The minimum absolute atomic E-state index is 0.245. The number of aromatic nitrogens is 1. The van der Waals surface area contributed by atoms with Gasteiger partial charge in [0.15, 0.2) is 11.8 Å². The number of carbonyl (C=O) groups excluding carboxylic acids is 1. The van der Waals surface area contributed by atoms with Gasteiger partial charge in [0, 0.05) is 49.8 Å². The number of pyridine rings is 1. The summed E-state index contributed by atoms with van der Waals surface area (Å²) in [6.07, 6.45) is 2.67. The molecule has 0 saturated carbocycles. The van der Waals surface area contributed by atoms with Crippen molar-refractivity contribution >= 4 is 23.4 Å². The van der Waals surface area contributed by atoms with E-state index < -0.39 is 17.9 Å². The monoisotopic (exact) mass is 386 g/mol. The molecule has 0 atom stereocenters. The van der Waals surface area contributed by atoms with E-state index in [0.29, 0.717) is 18.8 Å². The maximum atomic E-state index is 14.9. The molecule has 1 aromatic heterocycles. The van der Waals surface area contributed by atoms with Gasteiger partial charge in [-0.1, -0.05) is 12.1 Å². The lowest BCUT2D eigenvalue weighted by atomic mass is 10.1. The predicted octanol–water partition coefficient (Wildman–Crippen LogP) is 1.77. The van der Waals surface area contributed by atoms with Gasteiger partial charge in [-0.2, -0.15) is 0 Å². The molecule has 1 aromatic carbocycles. The van der Waals surface area contributed by atoms with Crippen LogP contribution in [0.5, 0.6) is 0 Å². The Hall–Kier alpha value is -3.36. The molecule has 1 amide bonds. The van der Waals surface area contributed by atoms with E-state index in [4.69, 9.17) is 16.2 Å². The summed E-state index contributed by atoms with van der Waals surface area (Å²) in [5, 5.41) is 0. The number of halogens is 1. The zero-order valence-corrected chi connectivity index (χ0v) is 15.6. The summed E-state index contributed by atoms with van der Waals surface area (Å²) >= 11 is 0. The Labute approximate surface area is 162 Å². The summed E-state index contributed by atoms with van der Waals surface area (Å²) in [4.78, 5) is 23.0. The number of nitrogens with two attached hydrogens (primary N) is 2. The highest BCUT2D eigenvalue weighted by Crippen LogP contribution is 2.26. The second kappa shape index (κ2) is 8.55. The van der Waals surface area contributed by atoms with Gasteiger partial charge in [0.2, 0.25) is 0 Å². The first kappa shape index (κ1) is 19.4. The molecule has 4 N–H and O–H groups in total. The molecule has 148 valence electrons. The van der Waals surface area contributed by atoms with E-state index in [0.717, 1.165) is 24.3 Å². The summed E-state index contributed by atoms with van der Waals surface area (Å²) in [6.45, 7) is 4.68. The quantitative estimate of drug-likeness (QED) is 0.609. The van der Waals surface area contributed by atoms with Crippen LogP contribution in [-0.2, 0) is 11.3 Å². The third-order valence-electron chi connectivity index (χ3n) is 4.58. The van der Waals surface area contributed by atoms with Crippen LogP contribution < -0.4 is 21.3 Å². The molecular weight excluding hydrogens is 363 g/mol. The summed E-state index contributed by atoms with van der Waals surface area (Å²) in [7, 11) is 0. The fourth-order valence-electron chi connectivity index (χ4n) is 3.21. The van der Waals surface area contributed by atoms with E-state index in [1.165, 1.54) is 0 Å². The van der Waals surface area contributed by atoms with Gasteiger partial charge in [0.05, 0.1) is 5.69 Å². The summed E-state index contributed by atoms with van der Waals surface area (Å²) in [5.74, 6) is -0.810. The highest BCUT2D eigenvalue weighted by molar-refractivity contribution is 5.87. The first-order valence-electron chi connectivity index (χ1n) is 8.90. The number of amides is 1. The van der Waals surface area contributed by atoms with Crippen LogP contribution >= 0.6 is 0 Å². The van der Waals surface area contributed by atoms with E-state index in [9.17, 15) is 9.18 Å². The number of aliphatic imine (C=N–C) groups is 1. The molecule has 1 aliphatic rings. The van der Waals surface area contributed by atoms with Crippen molar-refractivity contribution in [3.05, 3.63) is 53.6 Å². The molecule has 2 heterocycles. The van der Waals surface area contributed by atoms with E-state index >= 15 is 0 Å². The maximum Gasteiger partial charge on any atom is 0.437 e. The van der Waals surface area contributed by atoms with Crippen LogP contribution in [0.3, 0.4) is 0 Å². The largest absolute Gasteiger partial charge is 0.443 e. The minimum Gasteiger partial charge on any atom is -0.443 e.